The van der Waals surface area contributed by atoms with E-state index < -0.39 is 6.61 Å². The lowest BCUT2D eigenvalue weighted by molar-refractivity contribution is -0.0511. The molecule has 0 aliphatic carbocycles. The van der Waals surface area contributed by atoms with Crippen LogP contribution in [0.15, 0.2) is 12.1 Å². The highest BCUT2D eigenvalue weighted by molar-refractivity contribution is 6.28. The third kappa shape index (κ3) is 2.82. The van der Waals surface area contributed by atoms with Gasteiger partial charge in [0.05, 0.1) is 12.6 Å². The van der Waals surface area contributed by atoms with Gasteiger partial charge in [0.2, 0.25) is 5.28 Å². The Morgan fingerprint density at radius 2 is 1.90 bits per heavy atom. The molecule has 0 fully saturated rings. The van der Waals surface area contributed by atoms with Gasteiger partial charge in [-0.1, -0.05) is 0 Å². The molecule has 0 spiro atoms. The predicted molar refractivity (Wildman–Crippen MR) is 72.1 cm³/mol. The van der Waals surface area contributed by atoms with Crippen molar-refractivity contribution in [3.05, 3.63) is 17.4 Å². The molecule has 108 valence electrons. The fourth-order valence-corrected chi connectivity index (χ4v) is 1.95. The normalized spacial score (nSPS) is 10.9. The molecular weight excluding hydrogens is 292 g/mol. The zero-order chi connectivity index (χ0) is 14.9. The van der Waals surface area contributed by atoms with Crippen LogP contribution in [0.3, 0.4) is 0 Å². The first-order valence-corrected chi connectivity index (χ1v) is 5.97. The number of benzene rings is 1. The van der Waals surface area contributed by atoms with E-state index in [1.807, 2.05) is 0 Å². The molecule has 0 amide bonds. The average molecular weight is 304 g/mol. The van der Waals surface area contributed by atoms with Gasteiger partial charge in [-0.2, -0.15) is 13.8 Å². The largest absolute Gasteiger partial charge is 0.493 e. The van der Waals surface area contributed by atoms with E-state index in [1.165, 1.54) is 13.2 Å². The topological polar surface area (TPSA) is 47.5 Å². The summed E-state index contributed by atoms with van der Waals surface area (Å²) in [6.07, 6.45) is 0. The fourth-order valence-electron chi connectivity index (χ4n) is 1.78. The van der Waals surface area contributed by atoms with E-state index in [4.69, 9.17) is 16.3 Å². The minimum Gasteiger partial charge on any atom is -0.493 e. The van der Waals surface area contributed by atoms with Gasteiger partial charge in [-0.3, -0.25) is 0 Å². The molecule has 0 saturated carbocycles. The number of methoxy groups -OCH3 is 1. The molecule has 0 atom stereocenters. The molecular formula is C12H12ClF2N3O2. The summed E-state index contributed by atoms with van der Waals surface area (Å²) in [6.45, 7) is -2.95. The lowest BCUT2D eigenvalue weighted by atomic mass is 10.2. The molecule has 1 heterocycles. The lowest BCUT2D eigenvalue weighted by Crippen LogP contribution is -2.12. The van der Waals surface area contributed by atoms with E-state index >= 15 is 0 Å². The minimum absolute atomic E-state index is 0.0226. The third-order valence-corrected chi connectivity index (χ3v) is 2.74. The summed E-state index contributed by atoms with van der Waals surface area (Å²) >= 11 is 5.83. The van der Waals surface area contributed by atoms with Gasteiger partial charge in [0.25, 0.3) is 0 Å². The number of hydrogen-bond donors (Lipinski definition) is 0. The summed E-state index contributed by atoms with van der Waals surface area (Å²) in [7, 11) is 4.94. The zero-order valence-electron chi connectivity index (χ0n) is 11.0. The summed E-state index contributed by atoms with van der Waals surface area (Å²) < 4.78 is 34.2. The standard InChI is InChI=1S/C12H12ClF2N3O2/c1-18(2)10-6-4-8(19-3)9(20-12(14)15)5-7(6)16-11(13)17-10/h4-5,12H,1-3H3. The van der Waals surface area contributed by atoms with Gasteiger partial charge in [-0.25, -0.2) is 4.98 Å². The Kier molecular flexibility index (Phi) is 4.08. The number of alkyl halides is 2. The van der Waals surface area contributed by atoms with Crippen LogP contribution in [-0.2, 0) is 0 Å². The van der Waals surface area contributed by atoms with Gasteiger partial charge in [0, 0.05) is 25.5 Å². The lowest BCUT2D eigenvalue weighted by Gasteiger charge is -2.16. The van der Waals surface area contributed by atoms with Crippen molar-refractivity contribution in [2.24, 2.45) is 0 Å². The highest BCUT2D eigenvalue weighted by atomic mass is 35.5. The second kappa shape index (κ2) is 5.62. The van der Waals surface area contributed by atoms with Crippen LogP contribution in [0.2, 0.25) is 5.28 Å². The molecule has 1 aromatic carbocycles. The first-order chi connectivity index (χ1) is 9.42. The van der Waals surface area contributed by atoms with Crippen LogP contribution in [0.5, 0.6) is 11.5 Å². The molecule has 0 unspecified atom stereocenters. The molecule has 0 N–H and O–H groups in total. The highest BCUT2D eigenvalue weighted by Gasteiger charge is 2.16. The van der Waals surface area contributed by atoms with Gasteiger partial charge in [0.1, 0.15) is 5.82 Å². The van der Waals surface area contributed by atoms with Crippen molar-refractivity contribution < 1.29 is 18.3 Å². The number of rotatable bonds is 4. The van der Waals surface area contributed by atoms with Gasteiger partial charge < -0.3 is 14.4 Å². The van der Waals surface area contributed by atoms with Crippen LogP contribution >= 0.6 is 11.6 Å². The van der Waals surface area contributed by atoms with Crippen LogP contribution < -0.4 is 14.4 Å². The SMILES string of the molecule is COc1cc2c(N(C)C)nc(Cl)nc2cc1OC(F)F. The number of fused-ring (bicyclic) bond motifs is 1. The Morgan fingerprint density at radius 1 is 1.20 bits per heavy atom. The number of aromatic nitrogens is 2. The average Bonchev–Trinajstić information content (AvgIpc) is 2.36. The number of halogens is 3. The molecule has 1 aromatic heterocycles. The van der Waals surface area contributed by atoms with Gasteiger partial charge in [0.15, 0.2) is 11.5 Å². The maximum Gasteiger partial charge on any atom is 0.387 e. The fraction of sp³-hybridized carbons (Fsp3) is 0.333. The molecule has 8 heteroatoms. The van der Waals surface area contributed by atoms with Crippen LogP contribution in [0.1, 0.15) is 0 Å². The molecule has 20 heavy (non-hydrogen) atoms. The van der Waals surface area contributed by atoms with Gasteiger partial charge in [-0.05, 0) is 17.7 Å². The smallest absolute Gasteiger partial charge is 0.387 e. The second-order valence-electron chi connectivity index (χ2n) is 4.11. The van der Waals surface area contributed by atoms with Crippen LogP contribution in [0.4, 0.5) is 14.6 Å². The number of hydrogen-bond acceptors (Lipinski definition) is 5. The Hall–Kier alpha value is -1.89. The van der Waals surface area contributed by atoms with E-state index in [1.54, 1.807) is 25.1 Å². The first kappa shape index (κ1) is 14.5. The molecule has 2 aromatic rings. The Labute approximate surface area is 119 Å². The van der Waals surface area contributed by atoms with Crippen LogP contribution in [0, 0.1) is 0 Å². The molecule has 0 aliphatic rings. The van der Waals surface area contributed by atoms with Crippen molar-refractivity contribution >= 4 is 28.3 Å². The summed E-state index contributed by atoms with van der Waals surface area (Å²) in [5.74, 6) is 0.628. The quantitative estimate of drug-likeness (QED) is 0.813. The number of ether oxygens (including phenoxy) is 2. The predicted octanol–water partition coefficient (Wildman–Crippen LogP) is 2.96. The van der Waals surface area contributed by atoms with Crippen molar-refractivity contribution in [3.8, 4) is 11.5 Å². The Bertz CT molecular complexity index is 638. The molecule has 5 nitrogen and oxygen atoms in total. The second-order valence-corrected chi connectivity index (χ2v) is 4.45. The number of nitrogens with zero attached hydrogens (tertiary/aromatic N) is 3. The summed E-state index contributed by atoms with van der Waals surface area (Å²) in [5, 5.41) is 0.646. The van der Waals surface area contributed by atoms with Crippen molar-refractivity contribution in [3.63, 3.8) is 0 Å². The van der Waals surface area contributed by atoms with Crippen molar-refractivity contribution in [2.75, 3.05) is 26.1 Å². The number of anilines is 1. The van der Waals surface area contributed by atoms with Crippen molar-refractivity contribution in [1.29, 1.82) is 0 Å². The molecule has 2 rings (SSSR count). The minimum atomic E-state index is -2.95. The maximum absolute atomic E-state index is 12.4. The van der Waals surface area contributed by atoms with E-state index in [0.717, 1.165) is 0 Å². The first-order valence-electron chi connectivity index (χ1n) is 5.59. The van der Waals surface area contributed by atoms with Gasteiger partial charge >= 0.3 is 6.61 Å². The molecule has 0 aliphatic heterocycles. The molecule has 0 saturated heterocycles. The van der Waals surface area contributed by atoms with Crippen LogP contribution in [0.25, 0.3) is 10.9 Å². The van der Waals surface area contributed by atoms with Crippen molar-refractivity contribution in [1.82, 2.24) is 9.97 Å². The molecule has 0 radical (unpaired) electrons. The monoisotopic (exact) mass is 303 g/mol. The summed E-state index contributed by atoms with van der Waals surface area (Å²) in [5.41, 5.74) is 0.394. The summed E-state index contributed by atoms with van der Waals surface area (Å²) in [6, 6.07) is 2.89. The van der Waals surface area contributed by atoms with Crippen LogP contribution in [-0.4, -0.2) is 37.8 Å². The van der Waals surface area contributed by atoms with E-state index in [2.05, 4.69) is 14.7 Å². The third-order valence-electron chi connectivity index (χ3n) is 2.57. The van der Waals surface area contributed by atoms with Gasteiger partial charge in [-0.15, -0.1) is 0 Å². The zero-order valence-corrected chi connectivity index (χ0v) is 11.8. The Balaban J connectivity index is 2.69. The van der Waals surface area contributed by atoms with E-state index in [9.17, 15) is 8.78 Å². The van der Waals surface area contributed by atoms with E-state index in [0.29, 0.717) is 16.7 Å². The highest BCUT2D eigenvalue weighted by Crippen LogP contribution is 2.36. The molecule has 0 bridgehead atoms. The maximum atomic E-state index is 12.4. The van der Waals surface area contributed by atoms with Crippen molar-refractivity contribution in [2.45, 2.75) is 6.61 Å². The Morgan fingerprint density at radius 3 is 2.45 bits per heavy atom. The summed E-state index contributed by atoms with van der Waals surface area (Å²) in [4.78, 5) is 9.85. The van der Waals surface area contributed by atoms with E-state index in [-0.39, 0.29) is 16.8 Å².